The Morgan fingerprint density at radius 3 is 2.68 bits per heavy atom. The minimum atomic E-state index is -0.426. The van der Waals surface area contributed by atoms with Crippen molar-refractivity contribution in [3.05, 3.63) is 23.5 Å². The van der Waals surface area contributed by atoms with Crippen molar-refractivity contribution in [2.75, 3.05) is 19.8 Å². The monoisotopic (exact) mass is 265 g/mol. The van der Waals surface area contributed by atoms with Crippen LogP contribution < -0.4 is 4.74 Å². The summed E-state index contributed by atoms with van der Waals surface area (Å²) in [5.41, 5.74) is 2.11. The summed E-state index contributed by atoms with van der Waals surface area (Å²) in [5.74, 6) is 0.474. The number of nitrogens with zero attached hydrogens (tertiary/aromatic N) is 1. The summed E-state index contributed by atoms with van der Waals surface area (Å²) in [7, 11) is 0. The quantitative estimate of drug-likeness (QED) is 0.792. The first kappa shape index (κ1) is 14.3. The predicted molar refractivity (Wildman–Crippen MR) is 73.4 cm³/mol. The Morgan fingerprint density at radius 2 is 2.00 bits per heavy atom. The molecule has 0 unspecified atom stereocenters. The molecule has 106 valence electrons. The molecule has 0 amide bonds. The summed E-state index contributed by atoms with van der Waals surface area (Å²) in [6.45, 7) is 8.14. The van der Waals surface area contributed by atoms with Crippen LogP contribution in [0.1, 0.15) is 37.4 Å². The van der Waals surface area contributed by atoms with E-state index in [4.69, 9.17) is 14.2 Å². The van der Waals surface area contributed by atoms with Crippen LogP contribution in [0.4, 0.5) is 0 Å². The molecule has 0 radical (unpaired) electrons. The van der Waals surface area contributed by atoms with Crippen molar-refractivity contribution in [2.24, 2.45) is 0 Å². The first-order valence-corrected chi connectivity index (χ1v) is 7.00. The molecule has 2 rings (SSSR count). The molecule has 0 saturated carbocycles. The van der Waals surface area contributed by atoms with Gasteiger partial charge in [-0.2, -0.15) is 0 Å². The molecular formula is C15H23NO3. The molecular weight excluding hydrogens is 242 g/mol. The lowest BCUT2D eigenvalue weighted by Gasteiger charge is -2.27. The van der Waals surface area contributed by atoms with Crippen molar-refractivity contribution in [1.29, 1.82) is 0 Å². The van der Waals surface area contributed by atoms with E-state index in [2.05, 4.69) is 11.9 Å². The second-order valence-corrected chi connectivity index (χ2v) is 4.98. The van der Waals surface area contributed by atoms with Crippen molar-refractivity contribution in [3.8, 4) is 5.75 Å². The van der Waals surface area contributed by atoms with Gasteiger partial charge in [0.2, 0.25) is 0 Å². The minimum absolute atomic E-state index is 0.426. The van der Waals surface area contributed by atoms with E-state index in [9.17, 15) is 0 Å². The summed E-state index contributed by atoms with van der Waals surface area (Å²) in [6.07, 6.45) is 4.52. The molecule has 0 atom stereocenters. The van der Waals surface area contributed by atoms with Gasteiger partial charge in [0.1, 0.15) is 5.75 Å². The summed E-state index contributed by atoms with van der Waals surface area (Å²) in [5, 5.41) is 0. The van der Waals surface area contributed by atoms with Crippen LogP contribution in [0.15, 0.2) is 12.3 Å². The van der Waals surface area contributed by atoms with Crippen LogP contribution in [0, 0.1) is 13.8 Å². The van der Waals surface area contributed by atoms with Gasteiger partial charge in [-0.1, -0.05) is 13.3 Å². The molecule has 19 heavy (non-hydrogen) atoms. The molecule has 1 aliphatic heterocycles. The van der Waals surface area contributed by atoms with Gasteiger partial charge in [-0.3, -0.25) is 4.98 Å². The molecule has 0 aliphatic carbocycles. The third-order valence-corrected chi connectivity index (χ3v) is 3.59. The van der Waals surface area contributed by atoms with E-state index in [-0.39, 0.29) is 0 Å². The van der Waals surface area contributed by atoms with Crippen LogP contribution in [0.5, 0.6) is 5.75 Å². The Labute approximate surface area is 115 Å². The third kappa shape index (κ3) is 3.45. The molecule has 1 aliphatic rings. The number of hydrogen-bond acceptors (Lipinski definition) is 4. The predicted octanol–water partition coefficient (Wildman–Crippen LogP) is 3.01. The lowest BCUT2D eigenvalue weighted by molar-refractivity contribution is -0.170. The first-order valence-electron chi connectivity index (χ1n) is 7.00. The molecule has 4 heteroatoms. The van der Waals surface area contributed by atoms with Crippen molar-refractivity contribution in [1.82, 2.24) is 4.98 Å². The van der Waals surface area contributed by atoms with E-state index in [0.717, 1.165) is 36.3 Å². The number of pyridine rings is 1. The second kappa shape index (κ2) is 6.35. The van der Waals surface area contributed by atoms with Crippen LogP contribution in [0.25, 0.3) is 0 Å². The highest BCUT2D eigenvalue weighted by Gasteiger charge is 2.35. The number of aromatic nitrogens is 1. The Kier molecular flexibility index (Phi) is 4.77. The molecule has 1 aromatic rings. The van der Waals surface area contributed by atoms with Crippen LogP contribution >= 0.6 is 0 Å². The average Bonchev–Trinajstić information content (AvgIpc) is 2.84. The van der Waals surface area contributed by atoms with Gasteiger partial charge in [-0.05, 0) is 19.9 Å². The van der Waals surface area contributed by atoms with Gasteiger partial charge in [0.15, 0.2) is 5.79 Å². The third-order valence-electron chi connectivity index (χ3n) is 3.59. The summed E-state index contributed by atoms with van der Waals surface area (Å²) >= 11 is 0. The Hall–Kier alpha value is -1.13. The zero-order valence-corrected chi connectivity index (χ0v) is 12.1. The van der Waals surface area contributed by atoms with Gasteiger partial charge in [0.25, 0.3) is 0 Å². The molecule has 1 fully saturated rings. The standard InChI is InChI=1S/C15H23NO3/c1-4-6-15(18-10-11-19-15)7-9-17-14-5-8-16-13(3)12(14)2/h5,8H,4,6-7,9-11H2,1-3H3. The van der Waals surface area contributed by atoms with E-state index in [1.54, 1.807) is 6.20 Å². The molecule has 1 aromatic heterocycles. The highest BCUT2D eigenvalue weighted by Crippen LogP contribution is 2.29. The van der Waals surface area contributed by atoms with Crippen LogP contribution in [-0.4, -0.2) is 30.6 Å². The highest BCUT2D eigenvalue weighted by molar-refractivity contribution is 5.33. The number of ether oxygens (including phenoxy) is 3. The number of aryl methyl sites for hydroxylation is 1. The maximum atomic E-state index is 5.85. The molecule has 4 nitrogen and oxygen atoms in total. The van der Waals surface area contributed by atoms with Crippen LogP contribution in [-0.2, 0) is 9.47 Å². The number of hydrogen-bond donors (Lipinski definition) is 0. The number of rotatable bonds is 6. The molecule has 0 N–H and O–H groups in total. The Balaban J connectivity index is 1.90. The van der Waals surface area contributed by atoms with E-state index in [0.29, 0.717) is 19.8 Å². The van der Waals surface area contributed by atoms with Gasteiger partial charge in [-0.25, -0.2) is 0 Å². The van der Waals surface area contributed by atoms with Crippen LogP contribution in [0.2, 0.25) is 0 Å². The van der Waals surface area contributed by atoms with Crippen molar-refractivity contribution in [3.63, 3.8) is 0 Å². The second-order valence-electron chi connectivity index (χ2n) is 4.98. The highest BCUT2D eigenvalue weighted by atomic mass is 16.7. The fourth-order valence-electron chi connectivity index (χ4n) is 2.38. The lowest BCUT2D eigenvalue weighted by Crippen LogP contribution is -2.32. The van der Waals surface area contributed by atoms with Crippen molar-refractivity contribution in [2.45, 2.75) is 45.8 Å². The summed E-state index contributed by atoms with van der Waals surface area (Å²) < 4.78 is 17.4. The fraction of sp³-hybridized carbons (Fsp3) is 0.667. The zero-order chi connectivity index (χ0) is 13.7. The molecule has 0 bridgehead atoms. The van der Waals surface area contributed by atoms with E-state index >= 15 is 0 Å². The molecule has 2 heterocycles. The van der Waals surface area contributed by atoms with E-state index < -0.39 is 5.79 Å². The Morgan fingerprint density at radius 1 is 1.26 bits per heavy atom. The fourth-order valence-corrected chi connectivity index (χ4v) is 2.38. The Bertz CT molecular complexity index is 414. The summed E-state index contributed by atoms with van der Waals surface area (Å²) in [6, 6.07) is 1.91. The average molecular weight is 265 g/mol. The zero-order valence-electron chi connectivity index (χ0n) is 12.1. The maximum absolute atomic E-state index is 5.85. The van der Waals surface area contributed by atoms with Gasteiger partial charge >= 0.3 is 0 Å². The van der Waals surface area contributed by atoms with Gasteiger partial charge in [0, 0.05) is 30.3 Å². The largest absolute Gasteiger partial charge is 0.493 e. The van der Waals surface area contributed by atoms with Crippen LogP contribution in [0.3, 0.4) is 0 Å². The van der Waals surface area contributed by atoms with E-state index in [1.807, 2.05) is 19.9 Å². The van der Waals surface area contributed by atoms with Crippen molar-refractivity contribution < 1.29 is 14.2 Å². The lowest BCUT2D eigenvalue weighted by atomic mass is 10.1. The van der Waals surface area contributed by atoms with Crippen molar-refractivity contribution >= 4 is 0 Å². The molecule has 0 aromatic carbocycles. The SMILES string of the molecule is CCCC1(CCOc2ccnc(C)c2C)OCCO1. The smallest absolute Gasteiger partial charge is 0.171 e. The normalized spacial score (nSPS) is 17.6. The first-order chi connectivity index (χ1) is 9.17. The van der Waals surface area contributed by atoms with Gasteiger partial charge in [-0.15, -0.1) is 0 Å². The maximum Gasteiger partial charge on any atom is 0.171 e. The van der Waals surface area contributed by atoms with Gasteiger partial charge < -0.3 is 14.2 Å². The van der Waals surface area contributed by atoms with E-state index in [1.165, 1.54) is 0 Å². The molecule has 1 saturated heterocycles. The van der Waals surface area contributed by atoms with Gasteiger partial charge in [0.05, 0.1) is 19.8 Å². The summed E-state index contributed by atoms with van der Waals surface area (Å²) in [4.78, 5) is 4.24. The molecule has 0 spiro atoms. The topological polar surface area (TPSA) is 40.6 Å². The minimum Gasteiger partial charge on any atom is -0.493 e.